The molecular weight excluding hydrogens is 218 g/mol. The van der Waals surface area contributed by atoms with Gasteiger partial charge < -0.3 is 9.72 Å². The maximum absolute atomic E-state index is 11.7. The second kappa shape index (κ2) is 3.70. The van der Waals surface area contributed by atoms with E-state index in [2.05, 4.69) is 10.1 Å². The van der Waals surface area contributed by atoms with Crippen LogP contribution in [-0.2, 0) is 4.74 Å². The number of ether oxygens (including phenoxy) is 1. The Bertz CT molecular complexity index is 614. The molecule has 1 N–H and O–H groups in total. The molecule has 1 aliphatic heterocycles. The van der Waals surface area contributed by atoms with Crippen LogP contribution in [0.1, 0.15) is 24.9 Å². The number of hydrogen-bond acceptors (Lipinski definition) is 3. The Kier molecular flexibility index (Phi) is 2.29. The highest BCUT2D eigenvalue weighted by atomic mass is 16.5. The molecule has 3 rings (SSSR count). The molecule has 17 heavy (non-hydrogen) atoms. The summed E-state index contributed by atoms with van der Waals surface area (Å²) in [6.45, 7) is 4.79. The second-order valence-electron chi connectivity index (χ2n) is 4.58. The zero-order valence-electron chi connectivity index (χ0n) is 9.93. The minimum atomic E-state index is -0.0802. The third-order valence-electron chi connectivity index (χ3n) is 3.48. The Morgan fingerprint density at radius 2 is 2.41 bits per heavy atom. The van der Waals surface area contributed by atoms with Crippen molar-refractivity contribution in [1.29, 1.82) is 0 Å². The number of aromatic amines is 1. The average Bonchev–Trinajstić information content (AvgIpc) is 2.89. The van der Waals surface area contributed by atoms with Crippen LogP contribution in [0.5, 0.6) is 0 Å². The van der Waals surface area contributed by atoms with Crippen molar-refractivity contribution in [2.24, 2.45) is 0 Å². The van der Waals surface area contributed by atoms with Gasteiger partial charge in [0.2, 0.25) is 0 Å². The maximum Gasteiger partial charge on any atom is 0.259 e. The highest BCUT2D eigenvalue weighted by molar-refractivity contribution is 5.80. The average molecular weight is 233 g/mol. The first-order valence-corrected chi connectivity index (χ1v) is 5.85. The number of aryl methyl sites for hydroxylation is 1. The normalized spacial score (nSPS) is 24.6. The molecular formula is C12H15N3O2. The zero-order chi connectivity index (χ0) is 12.0. The summed E-state index contributed by atoms with van der Waals surface area (Å²) in [6.07, 6.45) is 4.48. The summed E-state index contributed by atoms with van der Waals surface area (Å²) in [4.78, 5) is 14.4. The van der Waals surface area contributed by atoms with E-state index >= 15 is 0 Å². The monoisotopic (exact) mass is 233 g/mol. The summed E-state index contributed by atoms with van der Waals surface area (Å²) in [5.41, 5.74) is 1.88. The van der Waals surface area contributed by atoms with E-state index in [4.69, 9.17) is 4.74 Å². The molecule has 2 aromatic rings. The first-order valence-electron chi connectivity index (χ1n) is 5.85. The van der Waals surface area contributed by atoms with Crippen molar-refractivity contribution < 1.29 is 4.74 Å². The quantitative estimate of drug-likeness (QED) is 0.809. The summed E-state index contributed by atoms with van der Waals surface area (Å²) in [7, 11) is 0. The molecule has 0 aliphatic carbocycles. The van der Waals surface area contributed by atoms with Crippen molar-refractivity contribution >= 4 is 10.9 Å². The van der Waals surface area contributed by atoms with Crippen LogP contribution >= 0.6 is 0 Å². The lowest BCUT2D eigenvalue weighted by Crippen LogP contribution is -2.18. The molecule has 0 amide bonds. The van der Waals surface area contributed by atoms with Gasteiger partial charge in [-0.1, -0.05) is 0 Å². The second-order valence-corrected chi connectivity index (χ2v) is 4.58. The molecule has 2 aromatic heterocycles. The summed E-state index contributed by atoms with van der Waals surface area (Å²) < 4.78 is 7.50. The van der Waals surface area contributed by atoms with Crippen LogP contribution in [0.2, 0.25) is 0 Å². The van der Waals surface area contributed by atoms with Crippen LogP contribution in [0, 0.1) is 6.92 Å². The van der Waals surface area contributed by atoms with Gasteiger partial charge in [-0.15, -0.1) is 0 Å². The van der Waals surface area contributed by atoms with Gasteiger partial charge in [0, 0.05) is 12.8 Å². The molecule has 1 fully saturated rings. The van der Waals surface area contributed by atoms with E-state index in [0.29, 0.717) is 5.39 Å². The molecule has 5 nitrogen and oxygen atoms in total. The van der Waals surface area contributed by atoms with E-state index in [9.17, 15) is 4.79 Å². The third-order valence-corrected chi connectivity index (χ3v) is 3.48. The number of pyridine rings is 1. The fraction of sp³-hybridized carbons (Fsp3) is 0.500. The molecule has 3 heterocycles. The van der Waals surface area contributed by atoms with Crippen LogP contribution in [0.25, 0.3) is 10.9 Å². The fourth-order valence-electron chi connectivity index (χ4n) is 2.53. The molecule has 0 saturated carbocycles. The van der Waals surface area contributed by atoms with E-state index in [1.807, 2.05) is 18.5 Å². The largest absolute Gasteiger partial charge is 0.376 e. The van der Waals surface area contributed by atoms with Gasteiger partial charge in [-0.2, -0.15) is 5.10 Å². The van der Waals surface area contributed by atoms with Crippen molar-refractivity contribution in [3.63, 3.8) is 0 Å². The van der Waals surface area contributed by atoms with Crippen molar-refractivity contribution in [3.8, 4) is 0 Å². The van der Waals surface area contributed by atoms with Gasteiger partial charge in [0.15, 0.2) is 0 Å². The molecule has 2 atom stereocenters. The predicted molar refractivity (Wildman–Crippen MR) is 64.2 cm³/mol. The minimum absolute atomic E-state index is 0.0802. The molecule has 0 aromatic carbocycles. The third kappa shape index (κ3) is 1.50. The Labute approximate surface area is 98.4 Å². The Balaban J connectivity index is 2.24. The molecule has 1 aliphatic rings. The van der Waals surface area contributed by atoms with Crippen molar-refractivity contribution in [2.75, 3.05) is 6.61 Å². The summed E-state index contributed by atoms with van der Waals surface area (Å²) >= 11 is 0. The van der Waals surface area contributed by atoms with Crippen LogP contribution < -0.4 is 5.56 Å². The molecule has 0 spiro atoms. The predicted octanol–water partition coefficient (Wildman–Crippen LogP) is 1.38. The molecule has 0 radical (unpaired) electrons. The number of fused-ring (bicyclic) bond motifs is 1. The smallest absolute Gasteiger partial charge is 0.259 e. The maximum atomic E-state index is 11.7. The highest BCUT2D eigenvalue weighted by Crippen LogP contribution is 2.28. The highest BCUT2D eigenvalue weighted by Gasteiger charge is 2.28. The summed E-state index contributed by atoms with van der Waals surface area (Å²) in [6, 6.07) is 0.230. The first kappa shape index (κ1) is 10.5. The Morgan fingerprint density at radius 1 is 1.59 bits per heavy atom. The molecule has 1 saturated heterocycles. The SMILES string of the molecule is Cc1c[nH]c(=O)c2cnn([C@@H]3CCO[C@@H]3C)c12. The van der Waals surface area contributed by atoms with Gasteiger partial charge in [0.1, 0.15) is 0 Å². The number of nitrogens with one attached hydrogen (secondary N) is 1. The van der Waals surface area contributed by atoms with Crippen molar-refractivity contribution in [2.45, 2.75) is 32.4 Å². The number of H-pyrrole nitrogens is 1. The van der Waals surface area contributed by atoms with Crippen LogP contribution in [-0.4, -0.2) is 27.5 Å². The number of aromatic nitrogens is 3. The van der Waals surface area contributed by atoms with Crippen LogP contribution in [0.3, 0.4) is 0 Å². The fourth-order valence-corrected chi connectivity index (χ4v) is 2.53. The molecule has 90 valence electrons. The molecule has 5 heteroatoms. The van der Waals surface area contributed by atoms with Crippen LogP contribution in [0.15, 0.2) is 17.2 Å². The topological polar surface area (TPSA) is 59.9 Å². The number of nitrogens with zero attached hydrogens (tertiary/aromatic N) is 2. The summed E-state index contributed by atoms with van der Waals surface area (Å²) in [5, 5.41) is 5.02. The van der Waals surface area contributed by atoms with Gasteiger partial charge in [-0.05, 0) is 25.8 Å². The minimum Gasteiger partial charge on any atom is -0.376 e. The Morgan fingerprint density at radius 3 is 3.12 bits per heavy atom. The van der Waals surface area contributed by atoms with E-state index < -0.39 is 0 Å². The van der Waals surface area contributed by atoms with Gasteiger partial charge in [0.25, 0.3) is 5.56 Å². The van der Waals surface area contributed by atoms with Crippen molar-refractivity contribution in [3.05, 3.63) is 28.3 Å². The van der Waals surface area contributed by atoms with Gasteiger partial charge in [-0.25, -0.2) is 0 Å². The zero-order valence-corrected chi connectivity index (χ0v) is 9.93. The first-order chi connectivity index (χ1) is 8.18. The molecule has 0 bridgehead atoms. The van der Waals surface area contributed by atoms with E-state index in [-0.39, 0.29) is 17.7 Å². The summed E-state index contributed by atoms with van der Waals surface area (Å²) in [5.74, 6) is 0. The van der Waals surface area contributed by atoms with Gasteiger partial charge in [-0.3, -0.25) is 9.48 Å². The Hall–Kier alpha value is -1.62. The lowest BCUT2D eigenvalue weighted by molar-refractivity contribution is 0.106. The lowest BCUT2D eigenvalue weighted by atomic mass is 10.1. The molecule has 0 unspecified atom stereocenters. The number of rotatable bonds is 1. The van der Waals surface area contributed by atoms with Gasteiger partial charge >= 0.3 is 0 Å². The van der Waals surface area contributed by atoms with E-state index in [0.717, 1.165) is 24.1 Å². The van der Waals surface area contributed by atoms with E-state index in [1.165, 1.54) is 0 Å². The van der Waals surface area contributed by atoms with Crippen LogP contribution in [0.4, 0.5) is 0 Å². The van der Waals surface area contributed by atoms with Gasteiger partial charge in [0.05, 0.1) is 29.2 Å². The van der Waals surface area contributed by atoms with E-state index in [1.54, 1.807) is 12.4 Å². The van der Waals surface area contributed by atoms with Crippen molar-refractivity contribution in [1.82, 2.24) is 14.8 Å². The standard InChI is InChI=1S/C12H15N3O2/c1-7-5-13-12(16)9-6-14-15(11(7)9)10-3-4-17-8(10)2/h5-6,8,10H,3-4H2,1-2H3,(H,13,16)/t8-,10-/m1/s1. The lowest BCUT2D eigenvalue weighted by Gasteiger charge is -2.16. The number of hydrogen-bond donors (Lipinski definition) is 1.